The van der Waals surface area contributed by atoms with Crippen molar-refractivity contribution in [1.29, 1.82) is 0 Å². The number of nitrogens with two attached hydrogens (primary N) is 2. The second kappa shape index (κ2) is 6.24. The molecule has 4 rings (SSSR count). The van der Waals surface area contributed by atoms with E-state index in [2.05, 4.69) is 16.9 Å². The van der Waals surface area contributed by atoms with Crippen LogP contribution in [0.3, 0.4) is 0 Å². The number of aliphatic hydroxyl groups is 2. The third kappa shape index (κ3) is 2.41. The van der Waals surface area contributed by atoms with Gasteiger partial charge >= 0.3 is 5.97 Å². The molecule has 3 heterocycles. The number of aliphatic hydroxyl groups excluding tert-OH is 1. The zero-order valence-electron chi connectivity index (χ0n) is 15.8. The fourth-order valence-corrected chi connectivity index (χ4v) is 4.54. The van der Waals surface area contributed by atoms with E-state index in [0.29, 0.717) is 5.69 Å². The van der Waals surface area contributed by atoms with Gasteiger partial charge in [-0.3, -0.25) is 5.21 Å². The molecule has 8 N–H and O–H groups in total. The molecule has 0 aromatic heterocycles. The number of benzene rings is 1. The summed E-state index contributed by atoms with van der Waals surface area (Å²) in [5.41, 5.74) is 9.11. The van der Waals surface area contributed by atoms with E-state index in [4.69, 9.17) is 16.2 Å². The lowest BCUT2D eigenvalue weighted by molar-refractivity contribution is -0.239. The molecule has 11 nitrogen and oxygen atoms in total. The van der Waals surface area contributed by atoms with Gasteiger partial charge in [0.25, 0.3) is 0 Å². The molecular weight excluding hydrogens is 380 g/mol. The smallest absolute Gasteiger partial charge is 0.338 e. The summed E-state index contributed by atoms with van der Waals surface area (Å²) in [7, 11) is 0. The van der Waals surface area contributed by atoms with Crippen LogP contribution in [0.1, 0.15) is 17.3 Å². The molecule has 1 aromatic carbocycles. The third-order valence-corrected chi connectivity index (χ3v) is 6.01. The lowest BCUT2D eigenvalue weighted by Gasteiger charge is -2.51. The predicted octanol–water partition coefficient (Wildman–Crippen LogP) is -1.62. The van der Waals surface area contributed by atoms with Gasteiger partial charge in [-0.1, -0.05) is 6.58 Å². The molecular formula is C18H24N6O5. The molecule has 1 spiro atoms. The highest BCUT2D eigenvalue weighted by atomic mass is 16.6. The minimum Gasteiger partial charge on any atom is -0.454 e. The molecule has 2 saturated heterocycles. The SMILES string of the molecule is C=C1NC2C(CO)N=C(N)N3C[C@H](OC(=O)c4ccc(N)cc4)[C@](C)(O)C23N1O. The molecule has 0 aliphatic carbocycles. The number of aliphatic imine (C=N–C) groups is 1. The summed E-state index contributed by atoms with van der Waals surface area (Å²) in [6.45, 7) is 4.79. The number of nitrogens with zero attached hydrogens (tertiary/aromatic N) is 3. The molecule has 0 saturated carbocycles. The summed E-state index contributed by atoms with van der Waals surface area (Å²) in [6.07, 6.45) is -1.07. The number of carbonyl (C=O) groups is 1. The highest BCUT2D eigenvalue weighted by Gasteiger charge is 2.75. The van der Waals surface area contributed by atoms with Gasteiger partial charge in [-0.15, -0.1) is 0 Å². The summed E-state index contributed by atoms with van der Waals surface area (Å²) in [4.78, 5) is 18.4. The largest absolute Gasteiger partial charge is 0.454 e. The van der Waals surface area contributed by atoms with Crippen LogP contribution in [0.15, 0.2) is 41.7 Å². The van der Waals surface area contributed by atoms with Gasteiger partial charge in [0.1, 0.15) is 17.5 Å². The molecule has 3 aliphatic heterocycles. The quantitative estimate of drug-likeness (QED) is 0.254. The van der Waals surface area contributed by atoms with Crippen molar-refractivity contribution >= 4 is 17.6 Å². The molecule has 11 heteroatoms. The second-order valence-electron chi connectivity index (χ2n) is 7.62. The molecule has 0 bridgehead atoms. The first kappa shape index (κ1) is 19.3. The Hall–Kier alpha value is -3.02. The highest BCUT2D eigenvalue weighted by molar-refractivity contribution is 5.90. The average Bonchev–Trinajstić information content (AvgIpc) is 3.08. The Kier molecular flexibility index (Phi) is 4.15. The van der Waals surface area contributed by atoms with E-state index < -0.39 is 35.4 Å². The lowest BCUT2D eigenvalue weighted by atomic mass is 9.79. The second-order valence-corrected chi connectivity index (χ2v) is 7.62. The Morgan fingerprint density at radius 2 is 2.07 bits per heavy atom. The van der Waals surface area contributed by atoms with Crippen LogP contribution in [0.2, 0.25) is 0 Å². The number of hydroxylamine groups is 2. The lowest BCUT2D eigenvalue weighted by Crippen LogP contribution is -2.76. The van der Waals surface area contributed by atoms with Gasteiger partial charge in [0, 0.05) is 5.69 Å². The Bertz CT molecular complexity index is 887. The van der Waals surface area contributed by atoms with Crippen molar-refractivity contribution in [3.05, 3.63) is 42.2 Å². The summed E-state index contributed by atoms with van der Waals surface area (Å²) in [6, 6.07) is 4.66. The molecule has 156 valence electrons. The van der Waals surface area contributed by atoms with Crippen molar-refractivity contribution in [3.8, 4) is 0 Å². The summed E-state index contributed by atoms with van der Waals surface area (Å²) in [5.74, 6) is -0.553. The van der Waals surface area contributed by atoms with Crippen LogP contribution < -0.4 is 16.8 Å². The van der Waals surface area contributed by atoms with Gasteiger partial charge in [0.05, 0.1) is 24.8 Å². The molecule has 3 unspecified atom stereocenters. The van der Waals surface area contributed by atoms with Gasteiger partial charge < -0.3 is 36.6 Å². The number of hydrogen-bond donors (Lipinski definition) is 6. The summed E-state index contributed by atoms with van der Waals surface area (Å²) >= 11 is 0. The predicted molar refractivity (Wildman–Crippen MR) is 102 cm³/mol. The van der Waals surface area contributed by atoms with Crippen LogP contribution in [0.4, 0.5) is 5.69 Å². The van der Waals surface area contributed by atoms with Crippen LogP contribution >= 0.6 is 0 Å². The number of esters is 1. The van der Waals surface area contributed by atoms with Crippen molar-refractivity contribution in [3.63, 3.8) is 0 Å². The van der Waals surface area contributed by atoms with E-state index in [1.165, 1.54) is 24.0 Å². The fourth-order valence-electron chi connectivity index (χ4n) is 4.54. The molecule has 1 aromatic rings. The third-order valence-electron chi connectivity index (χ3n) is 6.01. The van der Waals surface area contributed by atoms with Crippen molar-refractivity contribution in [1.82, 2.24) is 15.3 Å². The van der Waals surface area contributed by atoms with Crippen LogP contribution in [0, 0.1) is 0 Å². The first-order valence-corrected chi connectivity index (χ1v) is 9.09. The number of nitrogen functional groups attached to an aromatic ring is 1. The molecule has 5 atom stereocenters. The van der Waals surface area contributed by atoms with Crippen molar-refractivity contribution in [2.75, 3.05) is 18.9 Å². The van der Waals surface area contributed by atoms with E-state index in [1.807, 2.05) is 0 Å². The normalized spacial score (nSPS) is 35.7. The van der Waals surface area contributed by atoms with Gasteiger partial charge in [0.15, 0.2) is 17.7 Å². The van der Waals surface area contributed by atoms with E-state index in [-0.39, 0.29) is 30.5 Å². The van der Waals surface area contributed by atoms with Crippen LogP contribution in [-0.4, -0.2) is 79.9 Å². The van der Waals surface area contributed by atoms with Gasteiger partial charge in [-0.2, -0.15) is 0 Å². The zero-order chi connectivity index (χ0) is 21.1. The number of hydrogen-bond acceptors (Lipinski definition) is 11. The average molecular weight is 404 g/mol. The number of nitrogens with one attached hydrogen (secondary N) is 1. The Balaban J connectivity index is 1.72. The van der Waals surface area contributed by atoms with Gasteiger partial charge in [-0.25, -0.2) is 14.9 Å². The molecule has 3 aliphatic rings. The standard InChI is InChI=1S/C18H24N6O5/c1-9-21-14-12(8-25)22-16(20)23-7-13(17(2,27)18(14,23)24(9)28)29-15(26)10-3-5-11(19)6-4-10/h3-6,12-14,21,25,27-28H,1,7-8,19H2,2H3,(H2,20,22)/t12?,13-,14?,17-,18?/m0/s1. The maximum atomic E-state index is 12.6. The number of rotatable bonds is 3. The Morgan fingerprint density at radius 1 is 1.41 bits per heavy atom. The minimum absolute atomic E-state index is 0.00200. The number of ether oxygens (including phenoxy) is 1. The Labute approximate surface area is 166 Å². The van der Waals surface area contributed by atoms with E-state index in [9.17, 15) is 20.2 Å². The van der Waals surface area contributed by atoms with Gasteiger partial charge in [-0.05, 0) is 31.2 Å². The van der Waals surface area contributed by atoms with Crippen molar-refractivity contribution < 1.29 is 25.0 Å². The maximum absolute atomic E-state index is 12.6. The monoisotopic (exact) mass is 404 g/mol. The van der Waals surface area contributed by atoms with Crippen molar-refractivity contribution in [2.45, 2.75) is 36.4 Å². The summed E-state index contributed by atoms with van der Waals surface area (Å²) in [5, 5.41) is 35.9. The molecule has 2 fully saturated rings. The van der Waals surface area contributed by atoms with Crippen molar-refractivity contribution in [2.24, 2.45) is 10.7 Å². The maximum Gasteiger partial charge on any atom is 0.338 e. The van der Waals surface area contributed by atoms with E-state index in [0.717, 1.165) is 5.06 Å². The van der Waals surface area contributed by atoms with Crippen LogP contribution in [0.5, 0.6) is 0 Å². The number of carbonyl (C=O) groups excluding carboxylic acids is 1. The topological polar surface area (TPSA) is 170 Å². The zero-order valence-corrected chi connectivity index (χ0v) is 15.8. The fraction of sp³-hybridized carbons (Fsp3) is 0.444. The summed E-state index contributed by atoms with van der Waals surface area (Å²) < 4.78 is 5.61. The van der Waals surface area contributed by atoms with E-state index >= 15 is 0 Å². The van der Waals surface area contributed by atoms with Crippen LogP contribution in [0.25, 0.3) is 0 Å². The minimum atomic E-state index is -1.81. The van der Waals surface area contributed by atoms with Gasteiger partial charge in [0.2, 0.25) is 0 Å². The Morgan fingerprint density at radius 3 is 2.69 bits per heavy atom. The molecule has 0 radical (unpaired) electrons. The van der Waals surface area contributed by atoms with Crippen LogP contribution in [-0.2, 0) is 4.74 Å². The van der Waals surface area contributed by atoms with E-state index in [1.54, 1.807) is 12.1 Å². The first-order valence-electron chi connectivity index (χ1n) is 9.09. The molecule has 0 amide bonds. The number of guanidine groups is 1. The highest BCUT2D eigenvalue weighted by Crippen LogP contribution is 2.50. The number of anilines is 1. The first-order chi connectivity index (χ1) is 13.6. The molecule has 29 heavy (non-hydrogen) atoms.